The third-order valence-corrected chi connectivity index (χ3v) is 11.4. The minimum absolute atomic E-state index is 0.161. The summed E-state index contributed by atoms with van der Waals surface area (Å²) < 4.78 is 13.1. The Morgan fingerprint density at radius 3 is 2.33 bits per heavy atom. The molecule has 274 valence electrons. The Balaban J connectivity index is 1.56. The van der Waals surface area contributed by atoms with Gasteiger partial charge in [-0.3, -0.25) is 19.2 Å². The number of amides is 3. The van der Waals surface area contributed by atoms with E-state index in [4.69, 9.17) is 9.47 Å². The number of aliphatic hydroxyl groups excluding tert-OH is 1. The van der Waals surface area contributed by atoms with Crippen LogP contribution in [-0.2, 0) is 28.7 Å². The quantitative estimate of drug-likeness (QED) is 0.125. The Hall–Kier alpha value is -3.80. The van der Waals surface area contributed by atoms with Gasteiger partial charge in [0.15, 0.2) is 0 Å². The van der Waals surface area contributed by atoms with Crippen molar-refractivity contribution < 1.29 is 33.8 Å². The number of esters is 1. The summed E-state index contributed by atoms with van der Waals surface area (Å²) in [5, 5.41) is 13.8. The predicted octanol–water partition coefficient (Wildman–Crippen LogP) is 5.43. The normalized spacial score (nSPS) is 27.2. The van der Waals surface area contributed by atoms with Crippen molar-refractivity contribution in [2.24, 2.45) is 11.8 Å². The first-order chi connectivity index (χ1) is 24.5. The van der Waals surface area contributed by atoms with Crippen LogP contribution in [0.3, 0.4) is 0 Å². The van der Waals surface area contributed by atoms with E-state index in [9.17, 15) is 24.3 Å². The first-order valence-electron chi connectivity index (χ1n) is 17.9. The minimum Gasteiger partial charge on any atom is -0.455 e. The maximum absolute atomic E-state index is 14.9. The summed E-state index contributed by atoms with van der Waals surface area (Å²) in [6.07, 6.45) is 4.35. The molecule has 2 aromatic rings. The fraction of sp³-hybridized carbons (Fsp3) is 0.500. The summed E-state index contributed by atoms with van der Waals surface area (Å²) in [6, 6.07) is 15.5. The molecular weight excluding hydrogens is 714 g/mol. The van der Waals surface area contributed by atoms with Gasteiger partial charge in [0.1, 0.15) is 17.7 Å². The van der Waals surface area contributed by atoms with E-state index >= 15 is 0 Å². The summed E-state index contributed by atoms with van der Waals surface area (Å²) in [5.74, 6) is -3.71. The fourth-order valence-corrected chi connectivity index (χ4v) is 9.22. The second-order valence-corrected chi connectivity index (χ2v) is 15.1. The highest BCUT2D eigenvalue weighted by molar-refractivity contribution is 9.09. The lowest BCUT2D eigenvalue weighted by molar-refractivity contribution is -0.162. The lowest BCUT2D eigenvalue weighted by Crippen LogP contribution is -2.58. The number of carbonyl (C=O) groups excluding carboxylic acids is 4. The van der Waals surface area contributed by atoms with Crippen LogP contribution in [0.15, 0.2) is 86.0 Å². The molecule has 0 aromatic heterocycles. The zero-order valence-corrected chi connectivity index (χ0v) is 31.2. The molecule has 10 nitrogen and oxygen atoms in total. The average Bonchev–Trinajstić information content (AvgIpc) is 3.72. The van der Waals surface area contributed by atoms with Gasteiger partial charge in [0.05, 0.1) is 36.6 Å². The van der Waals surface area contributed by atoms with Crippen molar-refractivity contribution in [3.63, 3.8) is 0 Å². The number of halogens is 1. The van der Waals surface area contributed by atoms with Gasteiger partial charge in [0, 0.05) is 23.8 Å². The topological polar surface area (TPSA) is 125 Å². The number of alkyl halides is 1. The molecule has 3 aliphatic rings. The number of ether oxygens (including phenoxy) is 2. The highest BCUT2D eigenvalue weighted by Gasteiger charge is 2.77. The van der Waals surface area contributed by atoms with E-state index in [1.54, 1.807) is 24.0 Å². The molecule has 3 fully saturated rings. The minimum atomic E-state index is -1.36. The molecule has 2 N–H and O–H groups in total. The van der Waals surface area contributed by atoms with Gasteiger partial charge in [-0.05, 0) is 44.2 Å². The Morgan fingerprint density at radius 2 is 1.75 bits per heavy atom. The maximum Gasteiger partial charge on any atom is 0.313 e. The fourth-order valence-electron chi connectivity index (χ4n) is 8.28. The third kappa shape index (κ3) is 7.43. The maximum atomic E-state index is 14.9. The number of benzene rings is 2. The number of rotatable bonds is 17. The smallest absolute Gasteiger partial charge is 0.313 e. The molecule has 3 amide bonds. The molecule has 5 rings (SSSR count). The van der Waals surface area contributed by atoms with E-state index in [0.717, 1.165) is 12.8 Å². The standard InChI is InChI=1S/C40H50BrN3O7/c1-6-9-21-31(46)42-26(5)34(28-19-14-11-15-20-28)50-39(49)32-33-37(47)44(30(24-45)27-17-12-10-13-18-27)36(40(33)23-29(41)35(32)51-40)38(48)43(22-8-3)25(4)16-7-2/h6,8,10-15,17-20,25-26,29-30,32-36,45H,1,3,7,9,16,21-24H2,2,4-5H3,(H,42,46)/t25?,26-,29?,30+,32-,33+,34-,35-,36-,40+/m0/s1. The highest BCUT2D eigenvalue weighted by Crippen LogP contribution is 2.61. The molecule has 3 saturated heterocycles. The van der Waals surface area contributed by atoms with Crippen LogP contribution in [0.2, 0.25) is 0 Å². The van der Waals surface area contributed by atoms with Gasteiger partial charge >= 0.3 is 5.97 Å². The van der Waals surface area contributed by atoms with Gasteiger partial charge < -0.3 is 29.7 Å². The van der Waals surface area contributed by atoms with E-state index in [1.807, 2.05) is 74.5 Å². The molecule has 1 spiro atoms. The number of likely N-dealkylation sites (tertiary alicyclic amines) is 1. The molecule has 0 aliphatic carbocycles. The molecule has 10 atom stereocenters. The molecule has 11 heteroatoms. The summed E-state index contributed by atoms with van der Waals surface area (Å²) in [5.41, 5.74) is -0.0243. The summed E-state index contributed by atoms with van der Waals surface area (Å²) >= 11 is 3.75. The summed E-state index contributed by atoms with van der Waals surface area (Å²) in [6.45, 7) is 13.2. The number of hydrogen-bond acceptors (Lipinski definition) is 7. The van der Waals surface area contributed by atoms with Crippen molar-refractivity contribution in [2.75, 3.05) is 13.2 Å². The molecule has 3 aliphatic heterocycles. The van der Waals surface area contributed by atoms with Gasteiger partial charge in [0.25, 0.3) is 0 Å². The van der Waals surface area contributed by atoms with Crippen molar-refractivity contribution in [3.8, 4) is 0 Å². The first-order valence-corrected chi connectivity index (χ1v) is 18.8. The number of carbonyl (C=O) groups is 4. The number of aliphatic hydroxyl groups is 1. The van der Waals surface area contributed by atoms with Crippen LogP contribution in [-0.4, -0.2) is 86.4 Å². The van der Waals surface area contributed by atoms with Gasteiger partial charge in [-0.15, -0.1) is 13.2 Å². The van der Waals surface area contributed by atoms with Crippen molar-refractivity contribution in [1.29, 1.82) is 0 Å². The van der Waals surface area contributed by atoms with Gasteiger partial charge in [0.2, 0.25) is 17.7 Å². The zero-order valence-electron chi connectivity index (χ0n) is 29.7. The van der Waals surface area contributed by atoms with E-state index < -0.39 is 66.3 Å². The van der Waals surface area contributed by atoms with Gasteiger partial charge in [-0.25, -0.2) is 0 Å². The number of hydrogen-bond donors (Lipinski definition) is 2. The number of fused-ring (bicyclic) bond motifs is 1. The van der Waals surface area contributed by atoms with E-state index in [1.165, 1.54) is 4.90 Å². The van der Waals surface area contributed by atoms with Crippen molar-refractivity contribution in [1.82, 2.24) is 15.1 Å². The average molecular weight is 765 g/mol. The predicted molar refractivity (Wildman–Crippen MR) is 197 cm³/mol. The van der Waals surface area contributed by atoms with Gasteiger partial charge in [-0.1, -0.05) is 102 Å². The Kier molecular flexibility index (Phi) is 12.6. The SMILES string of the molecule is C=CCCC(=O)N[C@@H](C)[C@H](OC(=O)[C@@H]1[C@H]2O[C@@]3(CC2Br)[C@H](C(=O)N(CC=C)C(C)CCC)N([C@H](CO)c2ccccc2)C(=O)[C@@H]13)c1ccccc1. The molecule has 2 unspecified atom stereocenters. The summed E-state index contributed by atoms with van der Waals surface area (Å²) in [4.78, 5) is 60.0. The second-order valence-electron chi connectivity index (χ2n) is 13.9. The van der Waals surface area contributed by atoms with E-state index in [0.29, 0.717) is 24.0 Å². The van der Waals surface area contributed by atoms with Crippen molar-refractivity contribution >= 4 is 39.6 Å². The monoisotopic (exact) mass is 763 g/mol. The van der Waals surface area contributed by atoms with Crippen molar-refractivity contribution in [2.45, 2.75) is 99.7 Å². The Morgan fingerprint density at radius 1 is 1.10 bits per heavy atom. The number of allylic oxidation sites excluding steroid dienone is 1. The molecule has 2 bridgehead atoms. The third-order valence-electron chi connectivity index (χ3n) is 10.6. The van der Waals surface area contributed by atoms with Crippen LogP contribution >= 0.6 is 15.9 Å². The first kappa shape index (κ1) is 38.4. The van der Waals surface area contributed by atoms with Crippen LogP contribution in [0, 0.1) is 11.8 Å². The van der Waals surface area contributed by atoms with E-state index in [2.05, 4.69) is 34.4 Å². The van der Waals surface area contributed by atoms with Crippen LogP contribution in [0.1, 0.15) is 76.1 Å². The molecule has 0 radical (unpaired) electrons. The molecule has 51 heavy (non-hydrogen) atoms. The molecular formula is C40H50BrN3O7. The van der Waals surface area contributed by atoms with Gasteiger partial charge in [-0.2, -0.15) is 0 Å². The number of nitrogens with one attached hydrogen (secondary N) is 1. The van der Waals surface area contributed by atoms with Crippen LogP contribution < -0.4 is 5.32 Å². The zero-order chi connectivity index (χ0) is 36.9. The highest BCUT2D eigenvalue weighted by atomic mass is 79.9. The number of nitrogens with zero attached hydrogens (tertiary/aromatic N) is 2. The van der Waals surface area contributed by atoms with Crippen LogP contribution in [0.5, 0.6) is 0 Å². The molecule has 0 saturated carbocycles. The van der Waals surface area contributed by atoms with Crippen LogP contribution in [0.25, 0.3) is 0 Å². The second kappa shape index (κ2) is 16.7. The lowest BCUT2D eigenvalue weighted by Gasteiger charge is -2.41. The lowest BCUT2D eigenvalue weighted by atomic mass is 9.70. The van der Waals surface area contributed by atoms with Crippen LogP contribution in [0.4, 0.5) is 0 Å². The molecule has 2 aromatic carbocycles. The summed E-state index contributed by atoms with van der Waals surface area (Å²) in [7, 11) is 0. The Labute approximate surface area is 309 Å². The Bertz CT molecular complexity index is 1570. The van der Waals surface area contributed by atoms with Crippen molar-refractivity contribution in [3.05, 3.63) is 97.1 Å². The largest absolute Gasteiger partial charge is 0.455 e. The molecule has 3 heterocycles. The van der Waals surface area contributed by atoms with E-state index in [-0.39, 0.29) is 35.6 Å².